The van der Waals surface area contributed by atoms with Gasteiger partial charge in [-0.2, -0.15) is 0 Å². The lowest BCUT2D eigenvalue weighted by atomic mass is 9.70. The summed E-state index contributed by atoms with van der Waals surface area (Å²) < 4.78 is 67.6. The smallest absolute Gasteiger partial charge is 0.226 e. The minimum Gasteiger partial charge on any atom is -0.497 e. The van der Waals surface area contributed by atoms with E-state index in [-0.39, 0.29) is 64.4 Å². The normalized spacial score (nSPS) is 24.6. The van der Waals surface area contributed by atoms with Crippen LogP contribution >= 0.6 is 0 Å². The Kier molecular flexibility index (Phi) is 24.4. The van der Waals surface area contributed by atoms with Crippen LogP contribution in [0, 0.1) is 10.8 Å². The standard InChI is InChI=1S/C71H115NO12Si3/c1-50(77-48-51-31-35-54(75-15)36-32-51)62(84-87(21,22)68(8,9)10)44-56-29-26-30-63(80-56)69(11,12)40-39-57-41-59(82-85(17,18)66(2,3)4)43-61(79-57)47-71(74)70(13,14)64(78-49-52-33-37-55(76-16)38-34-52)45-58(81-71)42-60(83-86(19,20)67(5,6)7)46-65(73)72-53-27-24-23-25-28-53/h23-25,27-28,30-40,50,56-62,64,74H,26,29,41-49H2,1-22H3,(H,72,73)/b40-39+/t50-,56+,57+,58-,59-,60-,61+,62-,64+,71+/m1/s1. The van der Waals surface area contributed by atoms with Crippen LogP contribution in [0.15, 0.2) is 103 Å². The average Bonchev–Trinajstić information content (AvgIpc) is 0.883. The number of ether oxygens (including phenoxy) is 7. The van der Waals surface area contributed by atoms with E-state index in [0.29, 0.717) is 45.3 Å². The zero-order chi connectivity index (χ0) is 64.6. The van der Waals surface area contributed by atoms with Gasteiger partial charge in [0.1, 0.15) is 23.4 Å². The lowest BCUT2D eigenvalue weighted by Gasteiger charge is -2.55. The topological polar surface area (TPSA) is 142 Å². The Hall–Kier alpha value is -3.66. The second kappa shape index (κ2) is 29.3. The van der Waals surface area contributed by atoms with Gasteiger partial charge in [0.2, 0.25) is 5.91 Å². The van der Waals surface area contributed by atoms with E-state index < -0.39 is 66.0 Å². The molecule has 0 radical (unpaired) electrons. The number of carbonyl (C=O) groups is 1. The van der Waals surface area contributed by atoms with Crippen molar-refractivity contribution in [3.8, 4) is 11.5 Å². The summed E-state index contributed by atoms with van der Waals surface area (Å²) in [5.74, 6) is 0.646. The van der Waals surface area contributed by atoms with Crippen LogP contribution in [0.25, 0.3) is 0 Å². The molecule has 6 rings (SSSR count). The van der Waals surface area contributed by atoms with Crippen molar-refractivity contribution in [2.75, 3.05) is 19.5 Å². The molecule has 0 aliphatic carbocycles. The number of carbonyl (C=O) groups excluding carboxylic acids is 1. The molecule has 87 heavy (non-hydrogen) atoms. The van der Waals surface area contributed by atoms with Crippen LogP contribution in [0.5, 0.6) is 11.5 Å². The summed E-state index contributed by atoms with van der Waals surface area (Å²) in [4.78, 5) is 14.0. The Morgan fingerprint density at radius 1 is 0.713 bits per heavy atom. The van der Waals surface area contributed by atoms with E-state index in [0.717, 1.165) is 46.9 Å². The Morgan fingerprint density at radius 3 is 1.84 bits per heavy atom. The first-order valence-electron chi connectivity index (χ1n) is 32.2. The summed E-state index contributed by atoms with van der Waals surface area (Å²) in [6, 6.07) is 25.5. The third kappa shape index (κ3) is 19.9. The molecule has 2 N–H and O–H groups in total. The van der Waals surface area contributed by atoms with Gasteiger partial charge in [0, 0.05) is 42.2 Å². The summed E-state index contributed by atoms with van der Waals surface area (Å²) >= 11 is 0. The first-order valence-corrected chi connectivity index (χ1v) is 41.0. The molecule has 13 nitrogen and oxygen atoms in total. The number of aliphatic hydroxyl groups is 1. The van der Waals surface area contributed by atoms with Crippen LogP contribution in [0.1, 0.15) is 166 Å². The largest absolute Gasteiger partial charge is 0.497 e. The van der Waals surface area contributed by atoms with Gasteiger partial charge in [-0.25, -0.2) is 0 Å². The van der Waals surface area contributed by atoms with E-state index in [1.165, 1.54) is 0 Å². The molecule has 488 valence electrons. The summed E-state index contributed by atoms with van der Waals surface area (Å²) in [7, 11) is -3.55. The van der Waals surface area contributed by atoms with Crippen LogP contribution in [0.2, 0.25) is 54.4 Å². The lowest BCUT2D eigenvalue weighted by Crippen LogP contribution is -2.62. The van der Waals surface area contributed by atoms with Crippen molar-refractivity contribution >= 4 is 36.5 Å². The summed E-state index contributed by atoms with van der Waals surface area (Å²) in [5.41, 5.74) is 1.39. The molecule has 1 amide bonds. The molecule has 2 fully saturated rings. The zero-order valence-corrected chi connectivity index (χ0v) is 60.6. The molecule has 3 aromatic rings. The van der Waals surface area contributed by atoms with E-state index in [1.807, 2.05) is 80.6 Å². The van der Waals surface area contributed by atoms with E-state index in [2.05, 4.69) is 158 Å². The highest BCUT2D eigenvalue weighted by atomic mass is 28.4. The van der Waals surface area contributed by atoms with Crippen LogP contribution in [-0.4, -0.2) is 111 Å². The molecular formula is C71H115NO12Si3. The van der Waals surface area contributed by atoms with Gasteiger partial charge in [-0.1, -0.05) is 131 Å². The van der Waals surface area contributed by atoms with Gasteiger partial charge < -0.3 is 56.9 Å². The molecule has 0 saturated carbocycles. The van der Waals surface area contributed by atoms with Crippen LogP contribution < -0.4 is 14.8 Å². The first kappa shape index (κ1) is 72.4. The monoisotopic (exact) mass is 1260 g/mol. The Bertz CT molecular complexity index is 2690. The predicted octanol–water partition coefficient (Wildman–Crippen LogP) is 17.3. The number of benzene rings is 3. The molecule has 2 saturated heterocycles. The molecule has 3 aliphatic heterocycles. The molecular weight excluding hydrogens is 1140 g/mol. The van der Waals surface area contributed by atoms with Gasteiger partial charge in [0.25, 0.3) is 0 Å². The molecule has 0 spiro atoms. The number of amides is 1. The van der Waals surface area contributed by atoms with Crippen molar-refractivity contribution < 1.29 is 56.3 Å². The second-order valence-electron chi connectivity index (χ2n) is 30.9. The molecule has 3 aliphatic rings. The van der Waals surface area contributed by atoms with Crippen LogP contribution in [0.3, 0.4) is 0 Å². The zero-order valence-electron chi connectivity index (χ0n) is 57.6. The number of anilines is 1. The predicted molar refractivity (Wildman–Crippen MR) is 360 cm³/mol. The van der Waals surface area contributed by atoms with E-state index >= 15 is 0 Å². The maximum absolute atomic E-state index is 14.0. The van der Waals surface area contributed by atoms with Gasteiger partial charge in [-0.15, -0.1) is 0 Å². The fourth-order valence-corrected chi connectivity index (χ4v) is 15.2. The van der Waals surface area contributed by atoms with E-state index in [1.54, 1.807) is 14.2 Å². The van der Waals surface area contributed by atoms with Gasteiger partial charge in [0.15, 0.2) is 30.7 Å². The van der Waals surface area contributed by atoms with Crippen molar-refractivity contribution in [1.29, 1.82) is 0 Å². The SMILES string of the molecule is COc1ccc(CO[C@H]2C[C@@H](C[C@H](CC(=O)Nc3ccccc3)O[Si](C)(C)C(C)(C)C)O[C@@](O)(C[C@@H]3C[C@H](O[Si](C)(C)C(C)(C)C)C[C@H](/C=C/C(C)(C)C4=CCC[C@@H](C[C@@H](O[Si](C)(C)C(C)(C)C)[C@@H](C)OCc5ccc(OC)cc5)O4)O3)C2(C)C)cc1. The highest BCUT2D eigenvalue weighted by Crippen LogP contribution is 2.51. The van der Waals surface area contributed by atoms with Crippen molar-refractivity contribution in [3.63, 3.8) is 0 Å². The highest BCUT2D eigenvalue weighted by Gasteiger charge is 2.58. The van der Waals surface area contributed by atoms with Gasteiger partial charge >= 0.3 is 0 Å². The lowest BCUT2D eigenvalue weighted by molar-refractivity contribution is -0.354. The van der Waals surface area contributed by atoms with Crippen molar-refractivity contribution in [2.45, 2.75) is 283 Å². The Balaban J connectivity index is 1.27. The van der Waals surface area contributed by atoms with E-state index in [9.17, 15) is 9.90 Å². The van der Waals surface area contributed by atoms with Gasteiger partial charge in [-0.05, 0) is 154 Å². The minimum atomic E-state index is -2.42. The molecule has 16 heteroatoms. The number of nitrogens with one attached hydrogen (secondary N) is 1. The second-order valence-corrected chi connectivity index (χ2v) is 45.2. The summed E-state index contributed by atoms with van der Waals surface area (Å²) in [6.07, 6.45) is 8.76. The quantitative estimate of drug-likeness (QED) is 0.0554. The summed E-state index contributed by atoms with van der Waals surface area (Å²) in [6.45, 7) is 45.4. The number of rotatable bonds is 27. The van der Waals surface area contributed by atoms with Crippen molar-refractivity contribution in [3.05, 3.63) is 114 Å². The fourth-order valence-electron chi connectivity index (χ4n) is 11.1. The van der Waals surface area contributed by atoms with Crippen molar-refractivity contribution in [2.24, 2.45) is 10.8 Å². The van der Waals surface area contributed by atoms with Crippen LogP contribution in [0.4, 0.5) is 5.69 Å². The molecule has 10 atom stereocenters. The number of methoxy groups -OCH3 is 2. The van der Waals surface area contributed by atoms with Crippen LogP contribution in [-0.2, 0) is 55.0 Å². The fraction of sp³-hybridized carbons (Fsp3) is 0.676. The third-order valence-electron chi connectivity index (χ3n) is 20.1. The summed E-state index contributed by atoms with van der Waals surface area (Å²) in [5, 5.41) is 16.6. The molecule has 0 unspecified atom stereocenters. The third-order valence-corrected chi connectivity index (χ3v) is 33.7. The minimum absolute atomic E-state index is 0.0172. The number of hydrogen-bond donors (Lipinski definition) is 2. The maximum atomic E-state index is 14.0. The van der Waals surface area contributed by atoms with Gasteiger partial charge in [0.05, 0.1) is 82.7 Å². The first-order chi connectivity index (χ1) is 40.2. The Labute approximate surface area is 529 Å². The molecule has 3 heterocycles. The van der Waals surface area contributed by atoms with E-state index in [4.69, 9.17) is 46.4 Å². The van der Waals surface area contributed by atoms with Crippen molar-refractivity contribution in [1.82, 2.24) is 0 Å². The molecule has 0 aromatic heterocycles. The number of allylic oxidation sites excluding steroid dienone is 2. The maximum Gasteiger partial charge on any atom is 0.226 e. The molecule has 3 aromatic carbocycles. The van der Waals surface area contributed by atoms with Gasteiger partial charge in [-0.3, -0.25) is 4.79 Å². The highest BCUT2D eigenvalue weighted by molar-refractivity contribution is 6.75. The average molecular weight is 1260 g/mol. The number of hydrogen-bond acceptors (Lipinski definition) is 12. The number of para-hydroxylation sites is 1. The molecule has 0 bridgehead atoms. The Morgan fingerprint density at radius 2 is 1.28 bits per heavy atom.